The number of anilines is 2. The summed E-state index contributed by atoms with van der Waals surface area (Å²) in [7, 11) is -5.36. The van der Waals surface area contributed by atoms with Crippen molar-refractivity contribution in [2.75, 3.05) is 49.1 Å². The van der Waals surface area contributed by atoms with E-state index in [0.29, 0.717) is 5.69 Å². The molecule has 0 spiro atoms. The first-order valence-electron chi connectivity index (χ1n) is 8.52. The lowest BCUT2D eigenvalue weighted by Gasteiger charge is -2.35. The van der Waals surface area contributed by atoms with Gasteiger partial charge in [0.2, 0.25) is 0 Å². The Morgan fingerprint density at radius 3 is 2.15 bits per heavy atom. The maximum absolute atomic E-state index is 12.8. The van der Waals surface area contributed by atoms with E-state index in [-0.39, 0.29) is 9.79 Å². The molecule has 1 aliphatic rings. The van der Waals surface area contributed by atoms with E-state index in [4.69, 9.17) is 0 Å². The van der Waals surface area contributed by atoms with Gasteiger partial charge in [0.05, 0.1) is 21.2 Å². The van der Waals surface area contributed by atoms with Crippen molar-refractivity contribution < 1.29 is 16.8 Å². The quantitative estimate of drug-likeness (QED) is 0.808. The molecule has 0 aliphatic carbocycles. The van der Waals surface area contributed by atoms with Gasteiger partial charge in [-0.05, 0) is 37.4 Å². The lowest BCUT2D eigenvalue weighted by molar-refractivity contribution is 0.313. The van der Waals surface area contributed by atoms with Gasteiger partial charge in [-0.3, -0.25) is 4.72 Å². The van der Waals surface area contributed by atoms with E-state index in [2.05, 4.69) is 21.6 Å². The van der Waals surface area contributed by atoms with Gasteiger partial charge >= 0.3 is 0 Å². The number of hydrogen-bond acceptors (Lipinski definition) is 6. The Morgan fingerprint density at radius 2 is 1.48 bits per heavy atom. The first-order valence-corrected chi connectivity index (χ1v) is 11.9. The fourth-order valence-corrected chi connectivity index (χ4v) is 4.82. The van der Waals surface area contributed by atoms with Gasteiger partial charge in [-0.1, -0.05) is 18.2 Å². The molecule has 146 valence electrons. The molecule has 9 heteroatoms. The summed E-state index contributed by atoms with van der Waals surface area (Å²) in [5.41, 5.74) is 1.29. The van der Waals surface area contributed by atoms with Gasteiger partial charge in [-0.2, -0.15) is 0 Å². The van der Waals surface area contributed by atoms with E-state index in [1.54, 1.807) is 12.1 Å². The highest BCUT2D eigenvalue weighted by Crippen LogP contribution is 2.29. The van der Waals surface area contributed by atoms with Gasteiger partial charge in [0.25, 0.3) is 10.0 Å². The molecule has 1 N–H and O–H groups in total. The van der Waals surface area contributed by atoms with Crippen LogP contribution in [0.3, 0.4) is 0 Å². The van der Waals surface area contributed by atoms with E-state index in [1.165, 1.54) is 24.3 Å². The molecule has 0 radical (unpaired) electrons. The number of piperazine rings is 1. The monoisotopic (exact) mass is 409 g/mol. The molecule has 1 aliphatic heterocycles. The zero-order chi connectivity index (χ0) is 19.7. The number of sulfonamides is 1. The summed E-state index contributed by atoms with van der Waals surface area (Å²) in [6.45, 7) is 3.41. The highest BCUT2D eigenvalue weighted by atomic mass is 32.2. The minimum Gasteiger partial charge on any atom is -0.367 e. The Bertz CT molecular complexity index is 1030. The molecule has 3 rings (SSSR count). The largest absolute Gasteiger partial charge is 0.367 e. The van der Waals surface area contributed by atoms with Gasteiger partial charge < -0.3 is 9.80 Å². The van der Waals surface area contributed by atoms with Crippen LogP contribution in [-0.2, 0) is 19.9 Å². The molecular formula is C18H23N3O4S2. The molecule has 7 nitrogen and oxygen atoms in total. The predicted octanol–water partition coefficient (Wildman–Crippen LogP) is 1.64. The standard InChI is InChI=1S/C18H23N3O4S2/c1-20-10-12-21(13-11-20)18-9-4-3-8-17(18)19-27(24,25)16-7-5-6-15(14-16)26(2,22)23/h3-9,14,19H,10-13H2,1-2H3. The minimum absolute atomic E-state index is 0.0299. The number of para-hydroxylation sites is 2. The molecule has 0 unspecified atom stereocenters. The molecule has 0 bridgehead atoms. The van der Waals surface area contributed by atoms with E-state index in [1.807, 2.05) is 12.1 Å². The number of hydrogen-bond donors (Lipinski definition) is 1. The van der Waals surface area contributed by atoms with Gasteiger partial charge in [0.15, 0.2) is 9.84 Å². The summed E-state index contributed by atoms with van der Waals surface area (Å²) < 4.78 is 51.7. The maximum atomic E-state index is 12.8. The summed E-state index contributed by atoms with van der Waals surface area (Å²) in [5.74, 6) is 0. The van der Waals surface area contributed by atoms with Crippen LogP contribution in [0.25, 0.3) is 0 Å². The molecule has 0 saturated carbocycles. The molecule has 1 fully saturated rings. The fraction of sp³-hybridized carbons (Fsp3) is 0.333. The predicted molar refractivity (Wildman–Crippen MR) is 107 cm³/mol. The Hall–Kier alpha value is -2.10. The number of nitrogens with zero attached hydrogens (tertiary/aromatic N) is 2. The second-order valence-electron chi connectivity index (χ2n) is 6.66. The normalized spacial score (nSPS) is 16.3. The topological polar surface area (TPSA) is 86.8 Å². The second kappa shape index (κ2) is 7.49. The second-order valence-corrected chi connectivity index (χ2v) is 10.4. The molecule has 1 saturated heterocycles. The van der Waals surface area contributed by atoms with Crippen molar-refractivity contribution in [2.45, 2.75) is 9.79 Å². The third kappa shape index (κ3) is 4.60. The van der Waals surface area contributed by atoms with Crippen LogP contribution in [0.2, 0.25) is 0 Å². The van der Waals surface area contributed by atoms with Crippen LogP contribution in [0.1, 0.15) is 0 Å². The Balaban J connectivity index is 1.91. The Kier molecular flexibility index (Phi) is 5.45. The molecule has 2 aromatic carbocycles. The van der Waals surface area contributed by atoms with Crippen LogP contribution in [-0.4, -0.2) is 61.2 Å². The van der Waals surface area contributed by atoms with Crippen LogP contribution in [0.5, 0.6) is 0 Å². The zero-order valence-electron chi connectivity index (χ0n) is 15.3. The van der Waals surface area contributed by atoms with Gasteiger partial charge in [0.1, 0.15) is 0 Å². The molecule has 0 amide bonds. The van der Waals surface area contributed by atoms with Gasteiger partial charge in [-0.25, -0.2) is 16.8 Å². The number of nitrogens with one attached hydrogen (secondary N) is 1. The molecular weight excluding hydrogens is 386 g/mol. The molecule has 0 aromatic heterocycles. The first-order chi connectivity index (χ1) is 12.7. The lowest BCUT2D eigenvalue weighted by atomic mass is 10.2. The third-order valence-electron chi connectivity index (χ3n) is 4.54. The average molecular weight is 410 g/mol. The number of sulfone groups is 1. The SMILES string of the molecule is CN1CCN(c2ccccc2NS(=O)(=O)c2cccc(S(C)(=O)=O)c2)CC1. The van der Waals surface area contributed by atoms with Gasteiger partial charge in [-0.15, -0.1) is 0 Å². The van der Waals surface area contributed by atoms with Crippen molar-refractivity contribution in [2.24, 2.45) is 0 Å². The van der Waals surface area contributed by atoms with E-state index in [0.717, 1.165) is 38.1 Å². The average Bonchev–Trinajstić information content (AvgIpc) is 2.62. The van der Waals surface area contributed by atoms with Crippen LogP contribution < -0.4 is 9.62 Å². The molecule has 1 heterocycles. The Labute approximate surface area is 160 Å². The maximum Gasteiger partial charge on any atom is 0.262 e. The number of likely N-dealkylation sites (N-methyl/N-ethyl adjacent to an activating group) is 1. The van der Waals surface area contributed by atoms with E-state index < -0.39 is 19.9 Å². The number of rotatable bonds is 5. The molecule has 0 atom stereocenters. The molecule has 2 aromatic rings. The smallest absolute Gasteiger partial charge is 0.262 e. The van der Waals surface area contributed by atoms with Crippen LogP contribution in [0.4, 0.5) is 11.4 Å². The summed E-state index contributed by atoms with van der Waals surface area (Å²) in [4.78, 5) is 4.25. The van der Waals surface area contributed by atoms with Crippen molar-refractivity contribution in [1.82, 2.24) is 4.90 Å². The summed E-state index contributed by atoms with van der Waals surface area (Å²) in [5, 5.41) is 0. The van der Waals surface area contributed by atoms with Crippen molar-refractivity contribution >= 4 is 31.2 Å². The van der Waals surface area contributed by atoms with E-state index in [9.17, 15) is 16.8 Å². The lowest BCUT2D eigenvalue weighted by Crippen LogP contribution is -2.44. The highest BCUT2D eigenvalue weighted by molar-refractivity contribution is 7.93. The van der Waals surface area contributed by atoms with Crippen molar-refractivity contribution in [3.63, 3.8) is 0 Å². The Morgan fingerprint density at radius 1 is 0.852 bits per heavy atom. The van der Waals surface area contributed by atoms with Crippen LogP contribution in [0.15, 0.2) is 58.3 Å². The number of benzene rings is 2. The van der Waals surface area contributed by atoms with Crippen LogP contribution >= 0.6 is 0 Å². The third-order valence-corrected chi connectivity index (χ3v) is 7.01. The van der Waals surface area contributed by atoms with Crippen molar-refractivity contribution in [3.8, 4) is 0 Å². The summed E-state index contributed by atoms with van der Waals surface area (Å²) in [6.07, 6.45) is 1.05. The van der Waals surface area contributed by atoms with Crippen molar-refractivity contribution in [3.05, 3.63) is 48.5 Å². The summed E-state index contributed by atoms with van der Waals surface area (Å²) >= 11 is 0. The molecule has 27 heavy (non-hydrogen) atoms. The van der Waals surface area contributed by atoms with E-state index >= 15 is 0 Å². The van der Waals surface area contributed by atoms with Crippen LogP contribution in [0, 0.1) is 0 Å². The highest BCUT2D eigenvalue weighted by Gasteiger charge is 2.21. The minimum atomic E-state index is -3.92. The van der Waals surface area contributed by atoms with Crippen molar-refractivity contribution in [1.29, 1.82) is 0 Å². The fourth-order valence-electron chi connectivity index (χ4n) is 2.96. The first kappa shape index (κ1) is 19.7. The van der Waals surface area contributed by atoms with Gasteiger partial charge in [0, 0.05) is 32.4 Å². The summed E-state index contributed by atoms with van der Waals surface area (Å²) in [6, 6.07) is 12.6. The zero-order valence-corrected chi connectivity index (χ0v) is 16.9.